The maximum atomic E-state index is 5.93. The monoisotopic (exact) mass is 253 g/mol. The van der Waals surface area contributed by atoms with E-state index in [1.807, 2.05) is 29.9 Å². The molecule has 0 aliphatic rings. The van der Waals surface area contributed by atoms with Gasteiger partial charge in [-0.3, -0.25) is 0 Å². The van der Waals surface area contributed by atoms with E-state index in [9.17, 15) is 0 Å². The summed E-state index contributed by atoms with van der Waals surface area (Å²) in [6, 6.07) is 3.81. The van der Waals surface area contributed by atoms with E-state index in [2.05, 4.69) is 16.9 Å². The molecule has 2 aromatic rings. The molecule has 0 bridgehead atoms. The number of rotatable bonds is 3. The number of nitrogens with zero attached hydrogens (tertiary/aromatic N) is 3. The van der Waals surface area contributed by atoms with Gasteiger partial charge in [0.25, 0.3) is 0 Å². The maximum Gasteiger partial charge on any atom is 0.159 e. The van der Waals surface area contributed by atoms with E-state index in [1.54, 1.807) is 18.0 Å². The zero-order valence-electron chi connectivity index (χ0n) is 9.14. The van der Waals surface area contributed by atoms with Crippen molar-refractivity contribution in [1.82, 2.24) is 14.5 Å². The van der Waals surface area contributed by atoms with E-state index < -0.39 is 0 Å². The summed E-state index contributed by atoms with van der Waals surface area (Å²) in [6.07, 6.45) is 3.66. The second kappa shape index (κ2) is 4.89. The van der Waals surface area contributed by atoms with Crippen molar-refractivity contribution in [3.63, 3.8) is 0 Å². The summed E-state index contributed by atoms with van der Waals surface area (Å²) in [6.45, 7) is 2.11. The summed E-state index contributed by atoms with van der Waals surface area (Å²) in [7, 11) is 1.95. The highest BCUT2D eigenvalue weighted by atomic mass is 35.5. The van der Waals surface area contributed by atoms with E-state index in [1.165, 1.54) is 0 Å². The normalized spacial score (nSPS) is 10.7. The summed E-state index contributed by atoms with van der Waals surface area (Å²) in [5, 5.41) is 0.499. The largest absolute Gasteiger partial charge is 0.333 e. The van der Waals surface area contributed by atoms with E-state index in [0.717, 1.165) is 22.2 Å². The Morgan fingerprint density at radius 1 is 1.44 bits per heavy atom. The molecule has 0 aliphatic carbocycles. The molecular formula is C11H12ClN3S. The van der Waals surface area contributed by atoms with Crippen LogP contribution < -0.4 is 0 Å². The standard InChI is InChI=1S/C11H12ClN3S/c1-3-16-8-4-5-9(12)14-10(8)11-13-6-7-15(11)2/h4-7H,3H2,1-2H3. The minimum atomic E-state index is 0.499. The third kappa shape index (κ3) is 2.23. The molecule has 0 aromatic carbocycles. The summed E-state index contributed by atoms with van der Waals surface area (Å²) < 4.78 is 1.94. The molecule has 3 nitrogen and oxygen atoms in total. The quantitative estimate of drug-likeness (QED) is 0.622. The fraction of sp³-hybridized carbons (Fsp3) is 0.273. The first-order valence-electron chi connectivity index (χ1n) is 4.99. The van der Waals surface area contributed by atoms with Gasteiger partial charge >= 0.3 is 0 Å². The predicted molar refractivity (Wildman–Crippen MR) is 67.8 cm³/mol. The summed E-state index contributed by atoms with van der Waals surface area (Å²) in [4.78, 5) is 9.77. The second-order valence-corrected chi connectivity index (χ2v) is 4.97. The Morgan fingerprint density at radius 3 is 2.88 bits per heavy atom. The molecule has 0 amide bonds. The highest BCUT2D eigenvalue weighted by Gasteiger charge is 2.11. The molecule has 0 aliphatic heterocycles. The van der Waals surface area contributed by atoms with E-state index >= 15 is 0 Å². The zero-order chi connectivity index (χ0) is 11.5. The number of halogens is 1. The lowest BCUT2D eigenvalue weighted by atomic mass is 10.3. The fourth-order valence-corrected chi connectivity index (χ4v) is 2.34. The van der Waals surface area contributed by atoms with Crippen LogP contribution in [-0.2, 0) is 7.05 Å². The third-order valence-corrected chi connectivity index (χ3v) is 3.30. The van der Waals surface area contributed by atoms with Crippen molar-refractivity contribution in [2.45, 2.75) is 11.8 Å². The number of hydrogen-bond donors (Lipinski definition) is 0. The average Bonchev–Trinajstić information content (AvgIpc) is 2.67. The van der Waals surface area contributed by atoms with Gasteiger partial charge in [-0.05, 0) is 17.9 Å². The molecule has 0 saturated heterocycles. The Labute approximate surface area is 104 Å². The van der Waals surface area contributed by atoms with Crippen molar-refractivity contribution in [1.29, 1.82) is 0 Å². The summed E-state index contributed by atoms with van der Waals surface area (Å²) >= 11 is 7.67. The zero-order valence-corrected chi connectivity index (χ0v) is 10.7. The lowest BCUT2D eigenvalue weighted by Crippen LogP contribution is -1.96. The van der Waals surface area contributed by atoms with Gasteiger partial charge in [0, 0.05) is 24.3 Å². The molecule has 5 heteroatoms. The van der Waals surface area contributed by atoms with Crippen LogP contribution >= 0.6 is 23.4 Å². The molecule has 0 fully saturated rings. The van der Waals surface area contributed by atoms with E-state index in [0.29, 0.717) is 5.15 Å². The molecule has 2 rings (SSSR count). The van der Waals surface area contributed by atoms with Gasteiger partial charge in [-0.2, -0.15) is 0 Å². The number of hydrogen-bond acceptors (Lipinski definition) is 3. The summed E-state index contributed by atoms with van der Waals surface area (Å²) in [5.41, 5.74) is 0.854. The fourth-order valence-electron chi connectivity index (χ4n) is 1.45. The minimum absolute atomic E-state index is 0.499. The van der Waals surface area contributed by atoms with Crippen LogP contribution in [-0.4, -0.2) is 20.3 Å². The van der Waals surface area contributed by atoms with Crippen molar-refractivity contribution in [3.05, 3.63) is 29.7 Å². The van der Waals surface area contributed by atoms with Gasteiger partial charge in [0.05, 0.1) is 0 Å². The highest BCUT2D eigenvalue weighted by Crippen LogP contribution is 2.29. The number of thioether (sulfide) groups is 1. The van der Waals surface area contributed by atoms with Crippen LogP contribution in [0.1, 0.15) is 6.92 Å². The molecule has 0 N–H and O–H groups in total. The molecule has 2 heterocycles. The van der Waals surface area contributed by atoms with Crippen molar-refractivity contribution in [2.24, 2.45) is 7.05 Å². The van der Waals surface area contributed by atoms with Gasteiger partial charge in [0.1, 0.15) is 10.8 Å². The first-order valence-corrected chi connectivity index (χ1v) is 6.35. The number of imidazole rings is 1. The van der Waals surface area contributed by atoms with Gasteiger partial charge < -0.3 is 4.57 Å². The maximum absolute atomic E-state index is 5.93. The molecule has 0 atom stereocenters. The van der Waals surface area contributed by atoms with Crippen LogP contribution in [0.25, 0.3) is 11.5 Å². The molecule has 2 aromatic heterocycles. The van der Waals surface area contributed by atoms with Crippen LogP contribution in [0.4, 0.5) is 0 Å². The third-order valence-electron chi connectivity index (χ3n) is 2.16. The summed E-state index contributed by atoms with van der Waals surface area (Å²) in [5.74, 6) is 1.85. The van der Waals surface area contributed by atoms with Crippen LogP contribution in [0.15, 0.2) is 29.4 Å². The van der Waals surface area contributed by atoms with E-state index in [4.69, 9.17) is 11.6 Å². The molecule has 0 saturated carbocycles. The van der Waals surface area contributed by atoms with Gasteiger partial charge in [-0.1, -0.05) is 18.5 Å². The van der Waals surface area contributed by atoms with Gasteiger partial charge in [0.2, 0.25) is 0 Å². The molecule has 84 valence electrons. The molecule has 16 heavy (non-hydrogen) atoms. The van der Waals surface area contributed by atoms with Crippen LogP contribution in [0.5, 0.6) is 0 Å². The Balaban J connectivity index is 2.53. The molecule has 0 unspecified atom stereocenters. The van der Waals surface area contributed by atoms with E-state index in [-0.39, 0.29) is 0 Å². The lowest BCUT2D eigenvalue weighted by molar-refractivity contribution is 0.912. The lowest BCUT2D eigenvalue weighted by Gasteiger charge is -2.07. The van der Waals surface area contributed by atoms with Crippen molar-refractivity contribution in [2.75, 3.05) is 5.75 Å². The van der Waals surface area contributed by atoms with Gasteiger partial charge in [-0.15, -0.1) is 11.8 Å². The average molecular weight is 254 g/mol. The van der Waals surface area contributed by atoms with Crippen LogP contribution in [0, 0.1) is 0 Å². The number of aromatic nitrogens is 3. The van der Waals surface area contributed by atoms with Gasteiger partial charge in [0.15, 0.2) is 5.82 Å². The van der Waals surface area contributed by atoms with Crippen molar-refractivity contribution in [3.8, 4) is 11.5 Å². The van der Waals surface area contributed by atoms with Crippen LogP contribution in [0.2, 0.25) is 5.15 Å². The first kappa shape index (κ1) is 11.5. The second-order valence-electron chi connectivity index (χ2n) is 3.28. The Hall–Kier alpha value is -1.00. The van der Waals surface area contributed by atoms with Crippen LogP contribution in [0.3, 0.4) is 0 Å². The highest BCUT2D eigenvalue weighted by molar-refractivity contribution is 7.99. The molecular weight excluding hydrogens is 242 g/mol. The van der Waals surface area contributed by atoms with Crippen molar-refractivity contribution < 1.29 is 0 Å². The topological polar surface area (TPSA) is 30.7 Å². The Kier molecular flexibility index (Phi) is 3.51. The Bertz CT molecular complexity index is 496. The van der Waals surface area contributed by atoms with Crippen molar-refractivity contribution >= 4 is 23.4 Å². The van der Waals surface area contributed by atoms with Gasteiger partial charge in [-0.25, -0.2) is 9.97 Å². The molecule has 0 radical (unpaired) electrons. The SMILES string of the molecule is CCSc1ccc(Cl)nc1-c1nccn1C. The molecule has 0 spiro atoms. The number of pyridine rings is 1. The minimum Gasteiger partial charge on any atom is -0.333 e. The first-order chi connectivity index (χ1) is 7.72. The smallest absolute Gasteiger partial charge is 0.159 e. The Morgan fingerprint density at radius 2 is 2.25 bits per heavy atom. The number of aryl methyl sites for hydroxylation is 1. The predicted octanol–water partition coefficient (Wildman–Crippen LogP) is 3.25.